The number of hydrogen-bond donors (Lipinski definition) is 2. The molecule has 0 aliphatic carbocycles. The normalized spacial score (nSPS) is 12.3. The van der Waals surface area contributed by atoms with E-state index >= 15 is 0 Å². The highest BCUT2D eigenvalue weighted by Gasteiger charge is 2.37. The Bertz CT molecular complexity index is 1470. The van der Waals surface area contributed by atoms with Crippen molar-refractivity contribution >= 4 is 23.6 Å². The molecule has 0 heterocycles. The fraction of sp³-hybridized carbons (Fsp3) is 0.410. The van der Waals surface area contributed by atoms with Crippen LogP contribution in [0.3, 0.4) is 0 Å². The van der Waals surface area contributed by atoms with E-state index in [-0.39, 0.29) is 13.0 Å². The van der Waals surface area contributed by atoms with Crippen molar-refractivity contribution in [1.29, 1.82) is 0 Å². The number of terminal acetylenes is 1. The molecule has 0 spiro atoms. The van der Waals surface area contributed by atoms with E-state index in [0.717, 1.165) is 37.7 Å². The first-order valence-corrected chi connectivity index (χ1v) is 16.4. The zero-order valence-electron chi connectivity index (χ0n) is 28.4. The summed E-state index contributed by atoms with van der Waals surface area (Å²) >= 11 is 0. The van der Waals surface area contributed by atoms with Gasteiger partial charge in [-0.3, -0.25) is 9.59 Å². The maximum atomic E-state index is 14.8. The predicted molar refractivity (Wildman–Crippen MR) is 187 cm³/mol. The first-order valence-electron chi connectivity index (χ1n) is 16.4. The predicted octanol–water partition coefficient (Wildman–Crippen LogP) is 7.68. The van der Waals surface area contributed by atoms with Crippen molar-refractivity contribution in [2.75, 3.05) is 19.0 Å². The third-order valence-electron chi connectivity index (χ3n) is 7.64. The van der Waals surface area contributed by atoms with Crippen molar-refractivity contribution in [3.63, 3.8) is 0 Å². The molecular formula is C39H49N3O5. The van der Waals surface area contributed by atoms with Crippen molar-refractivity contribution in [2.24, 2.45) is 0 Å². The van der Waals surface area contributed by atoms with Crippen LogP contribution in [0.2, 0.25) is 0 Å². The lowest BCUT2D eigenvalue weighted by Gasteiger charge is -2.35. The molecule has 8 heteroatoms. The van der Waals surface area contributed by atoms with Gasteiger partial charge in [0.25, 0.3) is 5.91 Å². The van der Waals surface area contributed by atoms with Crippen LogP contribution in [-0.4, -0.2) is 48.1 Å². The second-order valence-electron chi connectivity index (χ2n) is 12.5. The van der Waals surface area contributed by atoms with Gasteiger partial charge in [-0.15, -0.1) is 6.42 Å². The van der Waals surface area contributed by atoms with E-state index in [4.69, 9.17) is 15.9 Å². The number of unbranched alkanes of at least 4 members (excludes halogenated alkanes) is 5. The van der Waals surface area contributed by atoms with E-state index in [1.165, 1.54) is 0 Å². The summed E-state index contributed by atoms with van der Waals surface area (Å²) in [7, 11) is 1.57. The molecule has 250 valence electrons. The highest BCUT2D eigenvalue weighted by Crippen LogP contribution is 2.29. The monoisotopic (exact) mass is 639 g/mol. The van der Waals surface area contributed by atoms with Gasteiger partial charge in [0.15, 0.2) is 0 Å². The molecule has 3 aromatic carbocycles. The summed E-state index contributed by atoms with van der Waals surface area (Å²) in [6.45, 7) is 7.75. The molecule has 3 amide bonds. The Morgan fingerprint density at radius 3 is 2.15 bits per heavy atom. The first kappa shape index (κ1) is 36.7. The minimum atomic E-state index is -1.08. The lowest BCUT2D eigenvalue weighted by Crippen LogP contribution is -2.53. The molecule has 47 heavy (non-hydrogen) atoms. The number of amides is 3. The average molecular weight is 640 g/mol. The van der Waals surface area contributed by atoms with Gasteiger partial charge < -0.3 is 25.0 Å². The third-order valence-corrected chi connectivity index (χ3v) is 7.64. The highest BCUT2D eigenvalue weighted by molar-refractivity contribution is 5.99. The first-order chi connectivity index (χ1) is 22.6. The zero-order valence-corrected chi connectivity index (χ0v) is 28.4. The molecule has 0 saturated heterocycles. The van der Waals surface area contributed by atoms with Gasteiger partial charge in [-0.05, 0) is 68.7 Å². The van der Waals surface area contributed by atoms with E-state index in [0.29, 0.717) is 29.0 Å². The summed E-state index contributed by atoms with van der Waals surface area (Å²) in [6, 6.07) is 21.5. The molecule has 0 aliphatic rings. The number of nitrogens with one attached hydrogen (secondary N) is 2. The number of hydrogen-bond acceptors (Lipinski definition) is 5. The SMILES string of the molecule is C#Cc1ccccc1C(C(=O)Nc1ccc(OC)cc1)N(CCCCCCCC)C(=O)C(Cc1ccccc1)NC(=O)OC(C)(C)C. The minimum absolute atomic E-state index is 0.204. The van der Waals surface area contributed by atoms with E-state index in [1.807, 2.05) is 30.3 Å². The van der Waals surface area contributed by atoms with Crippen molar-refractivity contribution in [3.05, 3.63) is 95.6 Å². The molecule has 2 N–H and O–H groups in total. The Labute approximate surface area is 280 Å². The number of carbonyl (C=O) groups is 3. The van der Waals surface area contributed by atoms with Crippen molar-refractivity contribution in [2.45, 2.75) is 90.3 Å². The van der Waals surface area contributed by atoms with Crippen LogP contribution in [0.25, 0.3) is 0 Å². The summed E-state index contributed by atoms with van der Waals surface area (Å²) in [6.07, 6.45) is 11.4. The summed E-state index contributed by atoms with van der Waals surface area (Å²) in [5.41, 5.74) is 1.65. The number of anilines is 1. The van der Waals surface area contributed by atoms with Crippen LogP contribution < -0.4 is 15.4 Å². The van der Waals surface area contributed by atoms with Gasteiger partial charge in [0.2, 0.25) is 5.91 Å². The van der Waals surface area contributed by atoms with Crippen molar-refractivity contribution in [3.8, 4) is 18.1 Å². The summed E-state index contributed by atoms with van der Waals surface area (Å²) in [4.78, 5) is 43.8. The number of carbonyl (C=O) groups excluding carboxylic acids is 3. The molecule has 0 fully saturated rings. The molecule has 0 aliphatic heterocycles. The topological polar surface area (TPSA) is 97.0 Å². The quantitative estimate of drug-likeness (QED) is 0.124. The lowest BCUT2D eigenvalue weighted by atomic mass is 9.96. The largest absolute Gasteiger partial charge is 0.497 e. The summed E-state index contributed by atoms with van der Waals surface area (Å²) in [5, 5.41) is 5.81. The van der Waals surface area contributed by atoms with Crippen LogP contribution in [0.5, 0.6) is 5.75 Å². The molecule has 0 aromatic heterocycles. The Morgan fingerprint density at radius 1 is 0.872 bits per heavy atom. The number of methoxy groups -OCH3 is 1. The van der Waals surface area contributed by atoms with Crippen molar-refractivity contribution in [1.82, 2.24) is 10.2 Å². The Kier molecular flexibility index (Phi) is 14.4. The Hall–Kier alpha value is -4.77. The third kappa shape index (κ3) is 11.8. The molecular weight excluding hydrogens is 590 g/mol. The summed E-state index contributed by atoms with van der Waals surface area (Å²) < 4.78 is 10.8. The molecule has 0 radical (unpaired) electrons. The van der Waals surface area contributed by atoms with Crippen LogP contribution in [0, 0.1) is 12.3 Å². The average Bonchev–Trinajstić information content (AvgIpc) is 3.05. The number of rotatable bonds is 16. The maximum Gasteiger partial charge on any atom is 0.408 e. The number of nitrogens with zero attached hydrogens (tertiary/aromatic N) is 1. The smallest absolute Gasteiger partial charge is 0.408 e. The van der Waals surface area contributed by atoms with E-state index in [2.05, 4.69) is 23.5 Å². The zero-order chi connectivity index (χ0) is 34.2. The van der Waals surface area contributed by atoms with Crippen LogP contribution in [-0.2, 0) is 20.7 Å². The highest BCUT2D eigenvalue weighted by atomic mass is 16.6. The fourth-order valence-corrected chi connectivity index (χ4v) is 5.33. The fourth-order valence-electron chi connectivity index (χ4n) is 5.33. The van der Waals surface area contributed by atoms with Crippen LogP contribution in [0.1, 0.15) is 89.0 Å². The molecule has 8 nitrogen and oxygen atoms in total. The number of ether oxygens (including phenoxy) is 2. The van der Waals surface area contributed by atoms with Crippen LogP contribution in [0.4, 0.5) is 10.5 Å². The van der Waals surface area contributed by atoms with Gasteiger partial charge in [0, 0.05) is 24.2 Å². The standard InChI is InChI=1S/C39H49N3O5/c1-7-9-10-11-12-18-27-42(37(44)34(28-29-19-14-13-15-20-29)41-38(45)47-39(3,4)5)35(33-22-17-16-21-30(33)8-2)36(43)40-31-23-25-32(46-6)26-24-31/h2,13-17,19-26,34-35H,7,9-12,18,27-28H2,1,3-6H3,(H,40,43)(H,41,45). The van der Waals surface area contributed by atoms with E-state index in [9.17, 15) is 14.4 Å². The van der Waals surface area contributed by atoms with Gasteiger partial charge in [-0.25, -0.2) is 4.79 Å². The number of benzene rings is 3. The van der Waals surface area contributed by atoms with Gasteiger partial charge in [-0.2, -0.15) is 0 Å². The van der Waals surface area contributed by atoms with Crippen LogP contribution in [0.15, 0.2) is 78.9 Å². The molecule has 0 bridgehead atoms. The van der Waals surface area contributed by atoms with Crippen LogP contribution >= 0.6 is 0 Å². The van der Waals surface area contributed by atoms with E-state index < -0.39 is 35.6 Å². The second-order valence-corrected chi connectivity index (χ2v) is 12.5. The van der Waals surface area contributed by atoms with Gasteiger partial charge in [0.1, 0.15) is 23.4 Å². The summed E-state index contributed by atoms with van der Waals surface area (Å²) in [5.74, 6) is 2.51. The minimum Gasteiger partial charge on any atom is -0.497 e. The van der Waals surface area contributed by atoms with Gasteiger partial charge in [0.05, 0.1) is 7.11 Å². The second kappa shape index (κ2) is 18.4. The molecule has 3 rings (SSSR count). The molecule has 2 atom stereocenters. The molecule has 3 aromatic rings. The van der Waals surface area contributed by atoms with Gasteiger partial charge in [-0.1, -0.05) is 93.5 Å². The van der Waals surface area contributed by atoms with Crippen molar-refractivity contribution < 1.29 is 23.9 Å². The van der Waals surface area contributed by atoms with E-state index in [1.54, 1.807) is 81.3 Å². The lowest BCUT2D eigenvalue weighted by molar-refractivity contribution is -0.140. The molecule has 0 saturated carbocycles. The Morgan fingerprint density at radius 2 is 1.51 bits per heavy atom. The molecule has 2 unspecified atom stereocenters. The number of alkyl carbamates (subject to hydrolysis) is 1. The Balaban J connectivity index is 2.08. The maximum absolute atomic E-state index is 14.8. The van der Waals surface area contributed by atoms with Gasteiger partial charge >= 0.3 is 6.09 Å².